The standard InChI is InChI=1S/C14H10N6O2/c21-20(22)10-7-5-9(6-8-10)13-15-12-4-2-1-3-11(12)14-16-17-18-19(13)14/h1-8,13,15H. The van der Waals surface area contributed by atoms with E-state index in [9.17, 15) is 10.1 Å². The number of nitrogens with zero attached hydrogens (tertiary/aromatic N) is 5. The highest BCUT2D eigenvalue weighted by atomic mass is 16.6. The minimum absolute atomic E-state index is 0.0527. The molecule has 0 saturated heterocycles. The fourth-order valence-electron chi connectivity index (χ4n) is 2.56. The second-order valence-corrected chi connectivity index (χ2v) is 4.89. The highest BCUT2D eigenvalue weighted by Crippen LogP contribution is 2.36. The van der Waals surface area contributed by atoms with Crippen molar-refractivity contribution in [3.8, 4) is 11.4 Å². The summed E-state index contributed by atoms with van der Waals surface area (Å²) in [5.41, 5.74) is 2.74. The van der Waals surface area contributed by atoms with E-state index in [-0.39, 0.29) is 11.9 Å². The number of para-hydroxylation sites is 1. The lowest BCUT2D eigenvalue weighted by Crippen LogP contribution is -2.25. The van der Waals surface area contributed by atoms with Crippen LogP contribution in [0, 0.1) is 10.1 Å². The molecule has 1 aliphatic rings. The molecule has 22 heavy (non-hydrogen) atoms. The summed E-state index contributed by atoms with van der Waals surface area (Å²) in [4.78, 5) is 10.3. The van der Waals surface area contributed by atoms with Gasteiger partial charge in [-0.05, 0) is 40.3 Å². The van der Waals surface area contributed by atoms with Crippen molar-refractivity contribution in [3.05, 3.63) is 64.2 Å². The Morgan fingerprint density at radius 2 is 1.91 bits per heavy atom. The molecule has 0 spiro atoms. The van der Waals surface area contributed by atoms with Crippen molar-refractivity contribution in [1.82, 2.24) is 20.2 Å². The lowest BCUT2D eigenvalue weighted by atomic mass is 10.1. The SMILES string of the molecule is O=[N+]([O-])c1ccc(C2Nc3ccccc3-c3nnnn32)cc1. The minimum atomic E-state index is -0.421. The molecule has 1 atom stereocenters. The van der Waals surface area contributed by atoms with E-state index in [1.54, 1.807) is 16.8 Å². The molecule has 8 nitrogen and oxygen atoms in total. The van der Waals surface area contributed by atoms with Gasteiger partial charge in [-0.25, -0.2) is 0 Å². The maximum atomic E-state index is 10.8. The number of non-ortho nitro benzene ring substituents is 1. The van der Waals surface area contributed by atoms with Gasteiger partial charge in [-0.1, -0.05) is 12.1 Å². The number of hydrogen-bond acceptors (Lipinski definition) is 6. The first-order valence-electron chi connectivity index (χ1n) is 6.62. The summed E-state index contributed by atoms with van der Waals surface area (Å²) in [6.07, 6.45) is -0.305. The van der Waals surface area contributed by atoms with Gasteiger partial charge in [-0.3, -0.25) is 10.1 Å². The number of nitrogens with one attached hydrogen (secondary N) is 1. The lowest BCUT2D eigenvalue weighted by molar-refractivity contribution is -0.384. The molecule has 2 heterocycles. The Kier molecular flexibility index (Phi) is 2.62. The molecule has 1 aromatic heterocycles. The third-order valence-corrected chi connectivity index (χ3v) is 3.62. The predicted molar refractivity (Wildman–Crippen MR) is 78.1 cm³/mol. The van der Waals surface area contributed by atoms with E-state index in [0.717, 1.165) is 16.8 Å². The zero-order chi connectivity index (χ0) is 15.1. The number of anilines is 1. The quantitative estimate of drug-likeness (QED) is 0.574. The smallest absolute Gasteiger partial charge is 0.269 e. The van der Waals surface area contributed by atoms with Gasteiger partial charge in [0.05, 0.1) is 4.92 Å². The number of rotatable bonds is 2. The molecule has 3 aromatic rings. The van der Waals surface area contributed by atoms with Crippen LogP contribution < -0.4 is 5.32 Å². The molecule has 0 amide bonds. The maximum Gasteiger partial charge on any atom is 0.269 e. The van der Waals surface area contributed by atoms with E-state index in [0.29, 0.717) is 5.82 Å². The van der Waals surface area contributed by atoms with E-state index < -0.39 is 4.92 Å². The fourth-order valence-corrected chi connectivity index (χ4v) is 2.56. The number of benzene rings is 2. The van der Waals surface area contributed by atoms with Gasteiger partial charge in [0.25, 0.3) is 5.69 Å². The molecule has 0 aliphatic carbocycles. The lowest BCUT2D eigenvalue weighted by Gasteiger charge is -2.27. The number of nitro groups is 1. The molecule has 8 heteroatoms. The third-order valence-electron chi connectivity index (χ3n) is 3.62. The molecule has 1 N–H and O–H groups in total. The van der Waals surface area contributed by atoms with Crippen molar-refractivity contribution >= 4 is 11.4 Å². The van der Waals surface area contributed by atoms with Crippen molar-refractivity contribution in [1.29, 1.82) is 0 Å². The van der Waals surface area contributed by atoms with Crippen LogP contribution in [0.1, 0.15) is 11.7 Å². The zero-order valence-electron chi connectivity index (χ0n) is 11.2. The molecule has 2 aromatic carbocycles. The van der Waals surface area contributed by atoms with Crippen molar-refractivity contribution in [3.63, 3.8) is 0 Å². The molecular formula is C14H10N6O2. The molecule has 0 fully saturated rings. The number of aromatic nitrogens is 4. The molecule has 0 saturated carbocycles. The monoisotopic (exact) mass is 294 g/mol. The highest BCUT2D eigenvalue weighted by Gasteiger charge is 2.27. The van der Waals surface area contributed by atoms with Crippen LogP contribution in [0.25, 0.3) is 11.4 Å². The van der Waals surface area contributed by atoms with Gasteiger partial charge in [-0.15, -0.1) is 5.10 Å². The summed E-state index contributed by atoms with van der Waals surface area (Å²) in [6.45, 7) is 0. The van der Waals surface area contributed by atoms with E-state index in [1.165, 1.54) is 12.1 Å². The Bertz CT molecular complexity index is 858. The number of fused-ring (bicyclic) bond motifs is 3. The second-order valence-electron chi connectivity index (χ2n) is 4.89. The van der Waals surface area contributed by atoms with Crippen molar-refractivity contribution < 1.29 is 4.92 Å². The number of tetrazole rings is 1. The first kappa shape index (κ1) is 12.5. The largest absolute Gasteiger partial charge is 0.359 e. The van der Waals surface area contributed by atoms with Crippen molar-refractivity contribution in [2.24, 2.45) is 0 Å². The first-order chi connectivity index (χ1) is 10.7. The average Bonchev–Trinajstić information content (AvgIpc) is 3.04. The molecular weight excluding hydrogens is 284 g/mol. The molecule has 108 valence electrons. The summed E-state index contributed by atoms with van der Waals surface area (Å²) in [5.74, 6) is 0.665. The topological polar surface area (TPSA) is 98.8 Å². The second kappa shape index (κ2) is 4.62. The van der Waals surface area contributed by atoms with E-state index in [1.807, 2.05) is 24.3 Å². The summed E-state index contributed by atoms with van der Waals surface area (Å²) < 4.78 is 1.67. The maximum absolute atomic E-state index is 10.8. The van der Waals surface area contributed by atoms with Crippen LogP contribution in [0.15, 0.2) is 48.5 Å². The molecule has 1 unspecified atom stereocenters. The number of hydrogen-bond donors (Lipinski definition) is 1. The Hall–Kier alpha value is -3.29. The fraction of sp³-hybridized carbons (Fsp3) is 0.0714. The van der Waals surface area contributed by atoms with Gasteiger partial charge < -0.3 is 5.32 Å². The van der Waals surface area contributed by atoms with Crippen LogP contribution in [-0.2, 0) is 0 Å². The molecule has 0 bridgehead atoms. The van der Waals surface area contributed by atoms with Crippen LogP contribution in [0.5, 0.6) is 0 Å². The Balaban J connectivity index is 1.80. The third kappa shape index (κ3) is 1.81. The Labute approximate surface area is 124 Å². The van der Waals surface area contributed by atoms with Crippen LogP contribution >= 0.6 is 0 Å². The molecule has 1 aliphatic heterocycles. The zero-order valence-corrected chi connectivity index (χ0v) is 11.2. The van der Waals surface area contributed by atoms with Gasteiger partial charge in [0.2, 0.25) is 0 Å². The number of nitro benzene ring substituents is 1. The van der Waals surface area contributed by atoms with Gasteiger partial charge >= 0.3 is 0 Å². The van der Waals surface area contributed by atoms with Crippen LogP contribution in [0.4, 0.5) is 11.4 Å². The summed E-state index contributed by atoms with van der Waals surface area (Å²) in [7, 11) is 0. The minimum Gasteiger partial charge on any atom is -0.359 e. The van der Waals surface area contributed by atoms with Gasteiger partial charge in [0.1, 0.15) is 0 Å². The van der Waals surface area contributed by atoms with E-state index >= 15 is 0 Å². The summed E-state index contributed by atoms with van der Waals surface area (Å²) in [5, 5.41) is 26.0. The van der Waals surface area contributed by atoms with Crippen LogP contribution in [-0.4, -0.2) is 25.1 Å². The van der Waals surface area contributed by atoms with Gasteiger partial charge in [0.15, 0.2) is 12.0 Å². The van der Waals surface area contributed by atoms with Crippen LogP contribution in [0.3, 0.4) is 0 Å². The highest BCUT2D eigenvalue weighted by molar-refractivity contribution is 5.76. The normalized spacial score (nSPS) is 15.5. The Morgan fingerprint density at radius 1 is 1.14 bits per heavy atom. The van der Waals surface area contributed by atoms with E-state index in [2.05, 4.69) is 20.8 Å². The van der Waals surface area contributed by atoms with Gasteiger partial charge in [-0.2, -0.15) is 4.68 Å². The van der Waals surface area contributed by atoms with Crippen molar-refractivity contribution in [2.45, 2.75) is 6.17 Å². The Morgan fingerprint density at radius 3 is 2.68 bits per heavy atom. The molecule has 0 radical (unpaired) electrons. The predicted octanol–water partition coefficient (Wildman–Crippen LogP) is 2.22. The summed E-state index contributed by atoms with van der Waals surface area (Å²) in [6, 6.07) is 14.1. The summed E-state index contributed by atoms with van der Waals surface area (Å²) >= 11 is 0. The van der Waals surface area contributed by atoms with Crippen molar-refractivity contribution in [2.75, 3.05) is 5.32 Å². The van der Waals surface area contributed by atoms with E-state index in [4.69, 9.17) is 0 Å². The average molecular weight is 294 g/mol. The first-order valence-corrected chi connectivity index (χ1v) is 6.62. The van der Waals surface area contributed by atoms with Gasteiger partial charge in [0, 0.05) is 23.4 Å². The molecule has 4 rings (SSSR count). The van der Waals surface area contributed by atoms with Crippen LogP contribution in [0.2, 0.25) is 0 Å².